The lowest BCUT2D eigenvalue weighted by Crippen LogP contribution is -2.22. The minimum absolute atomic E-state index is 0.0723. The summed E-state index contributed by atoms with van der Waals surface area (Å²) in [4.78, 5) is 24.7. The number of hydrogen-bond donors (Lipinski definition) is 2. The van der Waals surface area contributed by atoms with Crippen molar-refractivity contribution in [3.8, 4) is 11.9 Å². The SMILES string of the molecule is CCCCc1c(C#N)c(O)n(CCCC)c(=O)c1N=Nc1ccc(C(=O)NC)cc1. The molecule has 1 aromatic carbocycles. The molecule has 0 radical (unpaired) electrons. The van der Waals surface area contributed by atoms with Gasteiger partial charge >= 0.3 is 0 Å². The van der Waals surface area contributed by atoms with E-state index in [2.05, 4.69) is 15.5 Å². The van der Waals surface area contributed by atoms with E-state index >= 15 is 0 Å². The Kier molecular flexibility index (Phi) is 8.29. The molecule has 2 rings (SSSR count). The van der Waals surface area contributed by atoms with Gasteiger partial charge in [0.15, 0.2) is 5.69 Å². The summed E-state index contributed by atoms with van der Waals surface area (Å²) in [5.41, 5.74) is 1.05. The summed E-state index contributed by atoms with van der Waals surface area (Å²) in [6.07, 6.45) is 3.57. The first kappa shape index (κ1) is 22.8. The average molecular weight is 409 g/mol. The number of aromatic nitrogens is 1. The van der Waals surface area contributed by atoms with E-state index in [-0.39, 0.29) is 23.0 Å². The second-order valence-electron chi connectivity index (χ2n) is 6.88. The van der Waals surface area contributed by atoms with Crippen molar-refractivity contribution < 1.29 is 9.90 Å². The second-order valence-corrected chi connectivity index (χ2v) is 6.88. The van der Waals surface area contributed by atoms with E-state index in [1.807, 2.05) is 19.9 Å². The highest BCUT2D eigenvalue weighted by Gasteiger charge is 2.21. The van der Waals surface area contributed by atoms with Crippen molar-refractivity contribution in [3.05, 3.63) is 51.3 Å². The van der Waals surface area contributed by atoms with Crippen LogP contribution in [0.1, 0.15) is 61.0 Å². The molecule has 2 N–H and O–H groups in total. The normalized spacial score (nSPS) is 10.9. The number of unbranched alkanes of at least 4 members (excludes halogenated alkanes) is 2. The number of hydrogen-bond acceptors (Lipinski definition) is 6. The van der Waals surface area contributed by atoms with Gasteiger partial charge in [-0.3, -0.25) is 14.2 Å². The van der Waals surface area contributed by atoms with Crippen molar-refractivity contribution in [1.82, 2.24) is 9.88 Å². The summed E-state index contributed by atoms with van der Waals surface area (Å²) in [7, 11) is 1.55. The fraction of sp³-hybridized carbons (Fsp3) is 0.409. The third kappa shape index (κ3) is 5.11. The highest BCUT2D eigenvalue weighted by atomic mass is 16.3. The number of amides is 1. The minimum Gasteiger partial charge on any atom is -0.493 e. The van der Waals surface area contributed by atoms with Gasteiger partial charge in [0, 0.05) is 24.7 Å². The van der Waals surface area contributed by atoms with Gasteiger partial charge in [0.1, 0.15) is 11.6 Å². The number of rotatable bonds is 9. The molecule has 0 saturated carbocycles. The Hall–Kier alpha value is -3.47. The summed E-state index contributed by atoms with van der Waals surface area (Å²) >= 11 is 0. The van der Waals surface area contributed by atoms with E-state index in [4.69, 9.17) is 0 Å². The molecule has 0 unspecified atom stereocenters. The Morgan fingerprint density at radius 1 is 1.17 bits per heavy atom. The van der Waals surface area contributed by atoms with Gasteiger partial charge < -0.3 is 10.4 Å². The number of pyridine rings is 1. The molecular weight excluding hydrogens is 382 g/mol. The molecule has 30 heavy (non-hydrogen) atoms. The Morgan fingerprint density at radius 3 is 2.40 bits per heavy atom. The molecule has 0 aliphatic heterocycles. The molecule has 1 aromatic heterocycles. The van der Waals surface area contributed by atoms with Gasteiger partial charge in [0.2, 0.25) is 5.88 Å². The number of aromatic hydroxyl groups is 1. The number of carbonyl (C=O) groups is 1. The van der Waals surface area contributed by atoms with Gasteiger partial charge in [-0.25, -0.2) is 0 Å². The zero-order chi connectivity index (χ0) is 22.1. The van der Waals surface area contributed by atoms with Crippen molar-refractivity contribution in [2.75, 3.05) is 7.05 Å². The van der Waals surface area contributed by atoms with Crippen LogP contribution >= 0.6 is 0 Å². The number of azo groups is 1. The van der Waals surface area contributed by atoms with Crippen molar-refractivity contribution in [3.63, 3.8) is 0 Å². The lowest BCUT2D eigenvalue weighted by atomic mass is 10.0. The monoisotopic (exact) mass is 409 g/mol. The van der Waals surface area contributed by atoms with Crippen molar-refractivity contribution >= 4 is 17.3 Å². The molecule has 1 amide bonds. The quantitative estimate of drug-likeness (QED) is 0.598. The Morgan fingerprint density at radius 2 is 1.83 bits per heavy atom. The Balaban J connectivity index is 2.55. The number of carbonyl (C=O) groups excluding carboxylic acids is 1. The van der Waals surface area contributed by atoms with Crippen LogP contribution in [0, 0.1) is 11.3 Å². The molecule has 0 fully saturated rings. The third-order valence-corrected chi connectivity index (χ3v) is 4.76. The molecular formula is C22H27N5O3. The average Bonchev–Trinajstić information content (AvgIpc) is 2.76. The molecule has 158 valence electrons. The summed E-state index contributed by atoms with van der Waals surface area (Å²) in [5, 5.41) is 31.0. The van der Waals surface area contributed by atoms with Crippen LogP contribution in [-0.4, -0.2) is 22.6 Å². The summed E-state index contributed by atoms with van der Waals surface area (Å²) in [5.74, 6) is -0.521. The maximum atomic E-state index is 13.0. The van der Waals surface area contributed by atoms with E-state index in [0.29, 0.717) is 36.2 Å². The zero-order valence-corrected chi connectivity index (χ0v) is 17.6. The molecule has 0 spiro atoms. The first-order valence-corrected chi connectivity index (χ1v) is 10.1. The highest BCUT2D eigenvalue weighted by molar-refractivity contribution is 5.94. The Labute approximate surface area is 175 Å². The molecule has 8 heteroatoms. The van der Waals surface area contributed by atoms with Crippen molar-refractivity contribution in [2.24, 2.45) is 10.2 Å². The van der Waals surface area contributed by atoms with Crippen LogP contribution in [0.15, 0.2) is 39.3 Å². The van der Waals surface area contributed by atoms with Crippen molar-refractivity contribution in [1.29, 1.82) is 5.26 Å². The lowest BCUT2D eigenvalue weighted by Gasteiger charge is -2.14. The number of nitriles is 1. The molecule has 1 heterocycles. The second kappa shape index (κ2) is 10.9. The molecule has 0 aliphatic carbocycles. The maximum Gasteiger partial charge on any atom is 0.281 e. The van der Waals surface area contributed by atoms with E-state index in [9.17, 15) is 20.0 Å². The first-order valence-electron chi connectivity index (χ1n) is 10.1. The van der Waals surface area contributed by atoms with Gasteiger partial charge in [-0.1, -0.05) is 26.7 Å². The largest absolute Gasteiger partial charge is 0.493 e. The minimum atomic E-state index is -0.461. The van der Waals surface area contributed by atoms with Crippen LogP contribution in [0.3, 0.4) is 0 Å². The maximum absolute atomic E-state index is 13.0. The predicted molar refractivity (Wildman–Crippen MR) is 115 cm³/mol. The van der Waals surface area contributed by atoms with Gasteiger partial charge in [0.05, 0.1) is 5.69 Å². The summed E-state index contributed by atoms with van der Waals surface area (Å²) < 4.78 is 1.19. The number of nitrogens with one attached hydrogen (secondary N) is 1. The summed E-state index contributed by atoms with van der Waals surface area (Å²) in [6.45, 7) is 4.28. The highest BCUT2D eigenvalue weighted by Crippen LogP contribution is 2.29. The van der Waals surface area contributed by atoms with Gasteiger partial charge in [-0.2, -0.15) is 10.4 Å². The van der Waals surface area contributed by atoms with Crippen LogP contribution < -0.4 is 10.9 Å². The number of benzene rings is 1. The molecule has 2 aromatic rings. The first-order chi connectivity index (χ1) is 14.5. The fourth-order valence-electron chi connectivity index (χ4n) is 3.01. The van der Waals surface area contributed by atoms with E-state index in [0.717, 1.165) is 19.3 Å². The zero-order valence-electron chi connectivity index (χ0n) is 17.6. The molecule has 0 aliphatic rings. The van der Waals surface area contributed by atoms with Gasteiger partial charge in [-0.15, -0.1) is 5.11 Å². The van der Waals surface area contributed by atoms with Crippen LogP contribution in [-0.2, 0) is 13.0 Å². The van der Waals surface area contributed by atoms with Crippen LogP contribution in [0.5, 0.6) is 5.88 Å². The smallest absolute Gasteiger partial charge is 0.281 e. The van der Waals surface area contributed by atoms with E-state index in [1.54, 1.807) is 31.3 Å². The summed E-state index contributed by atoms with van der Waals surface area (Å²) in [6, 6.07) is 8.50. The lowest BCUT2D eigenvalue weighted by molar-refractivity contribution is 0.0963. The van der Waals surface area contributed by atoms with Gasteiger partial charge in [-0.05, 0) is 43.5 Å². The fourth-order valence-corrected chi connectivity index (χ4v) is 3.01. The topological polar surface area (TPSA) is 120 Å². The predicted octanol–water partition coefficient (Wildman–Crippen LogP) is 4.34. The Bertz CT molecular complexity index is 1020. The third-order valence-electron chi connectivity index (χ3n) is 4.76. The molecule has 0 saturated heterocycles. The van der Waals surface area contributed by atoms with Crippen LogP contribution in [0.4, 0.5) is 11.4 Å². The molecule has 0 bridgehead atoms. The number of nitrogens with zero attached hydrogens (tertiary/aromatic N) is 4. The van der Waals surface area contributed by atoms with E-state index in [1.165, 1.54) is 4.57 Å². The van der Waals surface area contributed by atoms with Crippen molar-refractivity contribution in [2.45, 2.75) is 52.5 Å². The standard InChI is InChI=1S/C22H27N5O3/c1-4-6-8-17-18(14-23)21(29)27(13-7-5-2)22(30)19(17)26-25-16-11-9-15(10-12-16)20(28)24-3/h9-12,29H,4-8,13H2,1-3H3,(H,24,28). The van der Waals surface area contributed by atoms with Gasteiger partial charge in [0.25, 0.3) is 11.5 Å². The van der Waals surface area contributed by atoms with E-state index < -0.39 is 5.56 Å². The molecule has 0 atom stereocenters. The van der Waals surface area contributed by atoms with Crippen LogP contribution in [0.2, 0.25) is 0 Å². The van der Waals surface area contributed by atoms with Crippen LogP contribution in [0.25, 0.3) is 0 Å². The molecule has 8 nitrogen and oxygen atoms in total.